The molecule has 10 aromatic rings. The number of aromatic nitrogens is 1. The Morgan fingerprint density at radius 1 is 0.440 bits per heavy atom. The Kier molecular flexibility index (Phi) is 17.9. The maximum absolute atomic E-state index is 4.00. The molecule has 2 aliphatic heterocycles. The molecule has 0 fully saturated rings. The summed E-state index contributed by atoms with van der Waals surface area (Å²) >= 11 is 0. The van der Waals surface area contributed by atoms with Crippen molar-refractivity contribution in [2.45, 2.75) is 146 Å². The van der Waals surface area contributed by atoms with Gasteiger partial charge in [0.15, 0.2) is 0 Å². The summed E-state index contributed by atoms with van der Waals surface area (Å²) in [5, 5.41) is 2.58. The van der Waals surface area contributed by atoms with Crippen molar-refractivity contribution in [2.24, 2.45) is 0 Å². The lowest BCUT2D eigenvalue weighted by molar-refractivity contribution is 0.594. The number of anilines is 6. The maximum atomic E-state index is 4.00. The van der Waals surface area contributed by atoms with Crippen LogP contribution in [-0.4, -0.2) is 4.57 Å². The summed E-state index contributed by atoms with van der Waals surface area (Å²) in [6.45, 7) is 43.7. The Balaban J connectivity index is 0.000000551. The van der Waals surface area contributed by atoms with Gasteiger partial charge < -0.3 is 14.4 Å². The molecule has 3 heterocycles. The molecule has 0 spiro atoms. The summed E-state index contributed by atoms with van der Waals surface area (Å²) < 4.78 is 2.65. The second-order valence-corrected chi connectivity index (χ2v) is 26.7. The fourth-order valence-corrected chi connectivity index (χ4v) is 14.6. The highest BCUT2D eigenvalue weighted by Gasteiger charge is 2.44. The molecule has 0 atom stereocenters. The zero-order valence-electron chi connectivity index (χ0n) is 57.4. The van der Waals surface area contributed by atoms with Crippen LogP contribution in [0.25, 0.3) is 55.3 Å². The van der Waals surface area contributed by atoms with E-state index >= 15 is 0 Å². The average molecular weight is 1190 g/mol. The highest BCUT2D eigenvalue weighted by Crippen LogP contribution is 2.58. The van der Waals surface area contributed by atoms with Gasteiger partial charge >= 0.3 is 0 Å². The first-order valence-electron chi connectivity index (χ1n) is 32.8. The van der Waals surface area contributed by atoms with Gasteiger partial charge in [0.05, 0.1) is 16.7 Å². The second kappa shape index (κ2) is 25.1. The highest BCUT2D eigenvalue weighted by molar-refractivity contribution is 6.16. The van der Waals surface area contributed by atoms with E-state index in [0.717, 1.165) is 39.7 Å². The number of aryl methyl sites for hydroxylation is 1. The zero-order valence-corrected chi connectivity index (χ0v) is 57.4. The molecule has 0 saturated carbocycles. The molecule has 0 saturated heterocycles. The van der Waals surface area contributed by atoms with E-state index in [-0.39, 0.29) is 21.7 Å². The monoisotopic (exact) mass is 1190 g/mol. The van der Waals surface area contributed by atoms with Crippen LogP contribution in [0.1, 0.15) is 168 Å². The quantitative estimate of drug-likeness (QED) is 0.0999. The fraction of sp³-hybridized carbons (Fsp3) is 0.250. The largest absolute Gasteiger partial charge is 0.310 e. The van der Waals surface area contributed by atoms with Crippen LogP contribution in [0.5, 0.6) is 0 Å². The number of benzene rings is 9. The molecule has 1 aromatic heterocycles. The number of hydrogen-bond donors (Lipinski definition) is 0. The van der Waals surface area contributed by atoms with Crippen LogP contribution in [0.3, 0.4) is 0 Å². The number of terminal acetylenes is 1. The van der Waals surface area contributed by atoms with Crippen molar-refractivity contribution in [3.05, 3.63) is 286 Å². The molecule has 0 N–H and O–H groups in total. The molecule has 14 rings (SSSR count). The lowest BCUT2D eigenvalue weighted by Crippen LogP contribution is -2.33. The molecule has 0 radical (unpaired) electrons. The van der Waals surface area contributed by atoms with E-state index in [9.17, 15) is 0 Å². The fourth-order valence-electron chi connectivity index (χ4n) is 14.6. The van der Waals surface area contributed by atoms with Gasteiger partial charge in [-0.1, -0.05) is 239 Å². The van der Waals surface area contributed by atoms with Crippen LogP contribution >= 0.6 is 0 Å². The van der Waals surface area contributed by atoms with Crippen LogP contribution in [0, 0.1) is 19.8 Å². The van der Waals surface area contributed by atoms with E-state index in [1.807, 2.05) is 46.8 Å². The smallest absolute Gasteiger partial charge is 0.0583 e. The van der Waals surface area contributed by atoms with Gasteiger partial charge in [-0.3, -0.25) is 0 Å². The maximum Gasteiger partial charge on any atom is 0.0583 e. The zero-order chi connectivity index (χ0) is 65.6. The minimum atomic E-state index is -0.255. The van der Waals surface area contributed by atoms with E-state index in [2.05, 4.69) is 324 Å². The van der Waals surface area contributed by atoms with Gasteiger partial charge in [0.25, 0.3) is 0 Å². The minimum Gasteiger partial charge on any atom is -0.310 e. The third-order valence-electron chi connectivity index (χ3n) is 19.5. The van der Waals surface area contributed by atoms with Crippen molar-refractivity contribution in [3.8, 4) is 40.8 Å². The third kappa shape index (κ3) is 10.8. The SMILES string of the molecule is C#C.C/C=C\C1=C(C)C(C)(C)c2cc(N(c3ccc(-c4cc5c6c(c4)c4cc(N(c7ccccc7)c7ccc(C)cc7)cc7c4n6-c4c(cccc4C7(C)C)C5(C)C)cc3)c3ccc4c(c3)C(C)(C)c3ccccc3-4)ccc21.C=C(C)/C=C\C=C(C)C.CC.CC. The van der Waals surface area contributed by atoms with Crippen LogP contribution in [0.4, 0.5) is 34.1 Å². The van der Waals surface area contributed by atoms with Crippen molar-refractivity contribution in [2.75, 3.05) is 9.80 Å². The summed E-state index contributed by atoms with van der Waals surface area (Å²) in [5.41, 5.74) is 32.6. The van der Waals surface area contributed by atoms with Crippen LogP contribution in [0.2, 0.25) is 0 Å². The molecular weight excluding hydrogens is 1100 g/mol. The number of para-hydroxylation sites is 2. The molecule has 0 bridgehead atoms. The molecule has 0 amide bonds. The molecule has 0 unspecified atom stereocenters. The molecule has 2 aliphatic carbocycles. The van der Waals surface area contributed by atoms with Crippen molar-refractivity contribution in [1.82, 2.24) is 4.57 Å². The molecule has 3 heteroatoms. The first-order valence-corrected chi connectivity index (χ1v) is 32.8. The Hall–Kier alpha value is -9.36. The second-order valence-electron chi connectivity index (χ2n) is 26.7. The van der Waals surface area contributed by atoms with Crippen LogP contribution in [0.15, 0.2) is 236 Å². The predicted molar refractivity (Wildman–Crippen MR) is 399 cm³/mol. The van der Waals surface area contributed by atoms with Crippen molar-refractivity contribution in [3.63, 3.8) is 0 Å². The Morgan fingerprint density at radius 2 is 0.901 bits per heavy atom. The number of fused-ring (bicyclic) bond motifs is 5. The Bertz CT molecular complexity index is 4570. The van der Waals surface area contributed by atoms with Gasteiger partial charge in [0.2, 0.25) is 0 Å². The Morgan fingerprint density at radius 3 is 1.48 bits per heavy atom. The van der Waals surface area contributed by atoms with Gasteiger partial charge in [-0.2, -0.15) is 0 Å². The normalized spacial score (nSPS) is 14.8. The summed E-state index contributed by atoms with van der Waals surface area (Å²) in [4.78, 5) is 4.94. The van der Waals surface area contributed by atoms with E-state index < -0.39 is 0 Å². The van der Waals surface area contributed by atoms with E-state index in [0.29, 0.717) is 0 Å². The summed E-state index contributed by atoms with van der Waals surface area (Å²) in [7, 11) is 0. The molecule has 3 nitrogen and oxygen atoms in total. The highest BCUT2D eigenvalue weighted by atomic mass is 15.2. The number of hydrogen-bond acceptors (Lipinski definition) is 2. The van der Waals surface area contributed by atoms with Crippen molar-refractivity contribution >= 4 is 61.5 Å². The lowest BCUT2D eigenvalue weighted by Gasteiger charge is -2.42. The predicted octanol–water partition coefficient (Wildman–Crippen LogP) is 25.3. The van der Waals surface area contributed by atoms with Crippen LogP contribution in [-0.2, 0) is 21.7 Å². The van der Waals surface area contributed by atoms with Gasteiger partial charge in [-0.05, 0) is 199 Å². The van der Waals surface area contributed by atoms with Gasteiger partial charge in [-0.25, -0.2) is 0 Å². The third-order valence-corrected chi connectivity index (χ3v) is 19.5. The summed E-state index contributed by atoms with van der Waals surface area (Å²) in [6.07, 6.45) is 18.5. The minimum absolute atomic E-state index is 0.105. The van der Waals surface area contributed by atoms with Gasteiger partial charge in [-0.15, -0.1) is 12.8 Å². The first-order chi connectivity index (χ1) is 43.6. The number of allylic oxidation sites excluding steroid dienone is 9. The first kappa shape index (κ1) is 64.6. The van der Waals surface area contributed by atoms with E-state index in [1.54, 1.807) is 0 Å². The van der Waals surface area contributed by atoms with E-state index in [4.69, 9.17) is 0 Å². The van der Waals surface area contributed by atoms with Crippen LogP contribution < -0.4 is 9.80 Å². The molecule has 91 heavy (non-hydrogen) atoms. The lowest BCUT2D eigenvalue weighted by atomic mass is 9.68. The molecule has 460 valence electrons. The molecular formula is C88H93N3. The molecule has 9 aromatic carbocycles. The van der Waals surface area contributed by atoms with Crippen molar-refractivity contribution in [1.29, 1.82) is 0 Å². The number of rotatable bonds is 10. The Labute approximate surface area is 545 Å². The standard InChI is InChI=1S/C73H65N3.C9H14.2C2H6.C2H2/c1-12-19-54-45(3)70(4,5)63-41-51(34-36-56(54)63)75(52-35-37-57-55-22-16-17-23-60(55)71(6,7)64(57)42-52)50-32-28-46(29-33-50)47-38-58-59-40-53(74(48-20-14-13-15-21-48)49-30-26-44(2)27-31-49)43-66-68(59)76-67(58)65(39-47)72(8,9)61-24-18-25-62(69(61)76)73(66,10)11;1-8(2)6-5-7-9(3)4;3*1-2/h12-43H,1-11H3;5-7H,1H2,2-4H3;2*1-2H3;1-2H/b19-12-;6-5-;;;. The van der Waals surface area contributed by atoms with Crippen molar-refractivity contribution < 1.29 is 0 Å². The van der Waals surface area contributed by atoms with Gasteiger partial charge in [0, 0.05) is 66.6 Å². The summed E-state index contributed by atoms with van der Waals surface area (Å²) in [6, 6.07) is 69.6. The average Bonchev–Trinajstić information content (AvgIpc) is 1.57. The topological polar surface area (TPSA) is 11.4 Å². The summed E-state index contributed by atoms with van der Waals surface area (Å²) in [5.74, 6) is 0. The van der Waals surface area contributed by atoms with E-state index in [1.165, 1.54) is 117 Å². The number of nitrogens with zero attached hydrogens (tertiary/aromatic N) is 3. The van der Waals surface area contributed by atoms with Gasteiger partial charge in [0.1, 0.15) is 0 Å². The molecule has 4 aliphatic rings.